The van der Waals surface area contributed by atoms with E-state index >= 15 is 4.39 Å². The van der Waals surface area contributed by atoms with Crippen molar-refractivity contribution in [2.24, 2.45) is 17.8 Å². The molecule has 8 heteroatoms. The van der Waals surface area contributed by atoms with Crippen LogP contribution in [0.3, 0.4) is 0 Å². The second-order valence-electron chi connectivity index (χ2n) is 13.5. The molecule has 2 saturated carbocycles. The highest BCUT2D eigenvalue weighted by Crippen LogP contribution is 2.51. The summed E-state index contributed by atoms with van der Waals surface area (Å²) in [4.78, 5) is 27.6. The lowest BCUT2D eigenvalue weighted by molar-refractivity contribution is -0.144. The van der Waals surface area contributed by atoms with Crippen molar-refractivity contribution < 1.29 is 32.2 Å². The van der Waals surface area contributed by atoms with Crippen LogP contribution in [0.25, 0.3) is 0 Å². The molecule has 1 aliphatic heterocycles. The highest BCUT2D eigenvalue weighted by molar-refractivity contribution is 5.99. The maximum absolute atomic E-state index is 16.8. The first-order valence-electron chi connectivity index (χ1n) is 15.2. The molecule has 3 fully saturated rings. The van der Waals surface area contributed by atoms with Gasteiger partial charge < -0.3 is 9.47 Å². The molecule has 2 amide bonds. The molecule has 3 aliphatic rings. The van der Waals surface area contributed by atoms with Crippen molar-refractivity contribution in [1.82, 2.24) is 4.90 Å². The van der Waals surface area contributed by atoms with E-state index in [0.717, 1.165) is 49.5 Å². The fourth-order valence-corrected chi connectivity index (χ4v) is 7.37. The van der Waals surface area contributed by atoms with Crippen LogP contribution < -0.4 is 4.74 Å². The number of nitrogens with zero attached hydrogens (tertiary/aromatic N) is 1. The molecular weight excluding hydrogens is 543 g/mol. The molecule has 2 aromatic rings. The van der Waals surface area contributed by atoms with Crippen LogP contribution in [0.15, 0.2) is 42.5 Å². The van der Waals surface area contributed by atoms with Crippen molar-refractivity contribution in [3.05, 3.63) is 65.2 Å². The third-order valence-corrected chi connectivity index (χ3v) is 9.43. The average molecular weight is 586 g/mol. The monoisotopic (exact) mass is 585 g/mol. The Hall–Kier alpha value is -3.03. The van der Waals surface area contributed by atoms with E-state index < -0.39 is 41.0 Å². The molecule has 42 heavy (non-hydrogen) atoms. The lowest BCUT2D eigenvalue weighted by atomic mass is 9.78. The largest absolute Gasteiger partial charge is 0.493 e. The van der Waals surface area contributed by atoms with Crippen LogP contribution in [0.5, 0.6) is 5.75 Å². The number of cyclic esters (lactones) is 1. The number of halogens is 3. The van der Waals surface area contributed by atoms with E-state index in [1.807, 2.05) is 38.1 Å². The van der Waals surface area contributed by atoms with E-state index in [2.05, 4.69) is 0 Å². The van der Waals surface area contributed by atoms with Crippen LogP contribution in [-0.4, -0.2) is 40.8 Å². The number of hydrogen-bond donors (Lipinski definition) is 0. The van der Waals surface area contributed by atoms with Crippen LogP contribution in [0, 0.1) is 29.4 Å². The van der Waals surface area contributed by atoms with Gasteiger partial charge in [-0.3, -0.25) is 4.79 Å². The average Bonchev–Trinajstić information content (AvgIpc) is 3.72. The van der Waals surface area contributed by atoms with Crippen molar-refractivity contribution in [2.45, 2.75) is 102 Å². The Morgan fingerprint density at radius 1 is 1.07 bits per heavy atom. The number of benzene rings is 2. The summed E-state index contributed by atoms with van der Waals surface area (Å²) in [7, 11) is 0. The Morgan fingerprint density at radius 3 is 2.40 bits per heavy atom. The van der Waals surface area contributed by atoms with Gasteiger partial charge in [0.25, 0.3) is 5.91 Å². The Kier molecular flexibility index (Phi) is 8.38. The van der Waals surface area contributed by atoms with Crippen LogP contribution in [0.1, 0.15) is 96.1 Å². The quantitative estimate of drug-likeness (QED) is 0.297. The van der Waals surface area contributed by atoms with Crippen molar-refractivity contribution in [2.75, 3.05) is 6.61 Å². The van der Waals surface area contributed by atoms with E-state index in [4.69, 9.17) is 9.47 Å². The van der Waals surface area contributed by atoms with Crippen LogP contribution >= 0.6 is 0 Å². The minimum atomic E-state index is -2.32. The fourth-order valence-electron chi connectivity index (χ4n) is 7.37. The summed E-state index contributed by atoms with van der Waals surface area (Å²) in [6, 6.07) is 10.3. The smallest absolute Gasteiger partial charge is 0.417 e. The van der Waals surface area contributed by atoms with Crippen molar-refractivity contribution >= 4 is 12.0 Å². The first-order chi connectivity index (χ1) is 19.8. The highest BCUT2D eigenvalue weighted by Gasteiger charge is 2.59. The van der Waals surface area contributed by atoms with Gasteiger partial charge in [-0.05, 0) is 124 Å². The second-order valence-corrected chi connectivity index (χ2v) is 13.5. The summed E-state index contributed by atoms with van der Waals surface area (Å²) in [6.45, 7) is 9.06. The standard InChI is InChI=1S/C34H42F3NO4/c1-20(2)30-33(3,4)42-32(40)38(30)31(39)34(5,37)29(23-13-14-23)24-7-6-8-26(17-24)41-19-21-9-11-22(12-10-21)27-18-25(35)15-16-28(27)36/h6-8,15-18,20-23,29-30H,9-14,19H2,1-5H3/t21?,22?,29-,30-,34+/m0/s1. The van der Waals surface area contributed by atoms with E-state index in [0.29, 0.717) is 23.5 Å². The number of rotatable bonds is 9. The van der Waals surface area contributed by atoms with Gasteiger partial charge in [0.2, 0.25) is 0 Å². The lowest BCUT2D eigenvalue weighted by Crippen LogP contribution is -2.55. The fraction of sp³-hybridized carbons (Fsp3) is 0.588. The first kappa shape index (κ1) is 30.4. The zero-order valence-electron chi connectivity index (χ0n) is 25.2. The van der Waals surface area contributed by atoms with Gasteiger partial charge in [0.05, 0.1) is 12.6 Å². The summed E-state index contributed by atoms with van der Waals surface area (Å²) >= 11 is 0. The van der Waals surface area contributed by atoms with Gasteiger partial charge in [-0.15, -0.1) is 0 Å². The Labute approximate surface area is 246 Å². The number of ether oxygens (including phenoxy) is 2. The Bertz CT molecular complexity index is 1310. The molecule has 0 spiro atoms. The number of carbonyl (C=O) groups is 2. The molecule has 0 radical (unpaired) electrons. The van der Waals surface area contributed by atoms with Gasteiger partial charge in [-0.25, -0.2) is 22.9 Å². The molecule has 0 unspecified atom stereocenters. The summed E-state index contributed by atoms with van der Waals surface area (Å²) in [5.41, 5.74) is -2.12. The number of alkyl halides is 1. The number of hydrogen-bond acceptors (Lipinski definition) is 4. The zero-order chi connectivity index (χ0) is 30.4. The topological polar surface area (TPSA) is 55.8 Å². The van der Waals surface area contributed by atoms with Crippen molar-refractivity contribution in [3.63, 3.8) is 0 Å². The van der Waals surface area contributed by atoms with Crippen molar-refractivity contribution in [1.29, 1.82) is 0 Å². The van der Waals surface area contributed by atoms with E-state index in [-0.39, 0.29) is 29.5 Å². The van der Waals surface area contributed by atoms with Gasteiger partial charge in [0.15, 0.2) is 5.67 Å². The van der Waals surface area contributed by atoms with Crippen molar-refractivity contribution in [3.8, 4) is 5.75 Å². The highest BCUT2D eigenvalue weighted by atomic mass is 19.1. The maximum atomic E-state index is 16.8. The number of carbonyl (C=O) groups excluding carboxylic acids is 2. The molecule has 2 aliphatic carbocycles. The predicted molar refractivity (Wildman–Crippen MR) is 154 cm³/mol. The first-order valence-corrected chi connectivity index (χ1v) is 15.2. The van der Waals surface area contributed by atoms with E-state index in [1.54, 1.807) is 13.8 Å². The van der Waals surface area contributed by atoms with Crippen LogP contribution in [0.2, 0.25) is 0 Å². The molecule has 0 bridgehead atoms. The zero-order valence-corrected chi connectivity index (χ0v) is 25.2. The summed E-state index contributed by atoms with van der Waals surface area (Å²) in [5, 5.41) is 0. The third-order valence-electron chi connectivity index (χ3n) is 9.43. The number of amides is 2. The minimum Gasteiger partial charge on any atom is -0.493 e. The maximum Gasteiger partial charge on any atom is 0.417 e. The summed E-state index contributed by atoms with van der Waals surface area (Å²) < 4.78 is 56.4. The third kappa shape index (κ3) is 6.04. The van der Waals surface area contributed by atoms with Gasteiger partial charge in [0.1, 0.15) is 23.0 Å². The summed E-state index contributed by atoms with van der Waals surface area (Å²) in [5.74, 6) is -1.62. The van der Waals surface area contributed by atoms with Gasteiger partial charge in [-0.1, -0.05) is 26.0 Å². The Morgan fingerprint density at radius 2 is 1.76 bits per heavy atom. The molecule has 1 saturated heterocycles. The normalized spacial score (nSPS) is 26.1. The second kappa shape index (κ2) is 11.6. The lowest BCUT2D eigenvalue weighted by Gasteiger charge is -2.36. The van der Waals surface area contributed by atoms with E-state index in [1.165, 1.54) is 19.1 Å². The van der Waals surface area contributed by atoms with Gasteiger partial charge in [0, 0.05) is 5.92 Å². The Balaban J connectivity index is 1.27. The summed E-state index contributed by atoms with van der Waals surface area (Å²) in [6.07, 6.45) is 4.00. The predicted octanol–water partition coefficient (Wildman–Crippen LogP) is 8.32. The molecule has 3 atom stereocenters. The molecule has 5 rings (SSSR count). The molecule has 1 heterocycles. The minimum absolute atomic E-state index is 0.00639. The van der Waals surface area contributed by atoms with Crippen LogP contribution in [0.4, 0.5) is 18.0 Å². The van der Waals surface area contributed by atoms with E-state index in [9.17, 15) is 18.4 Å². The molecule has 5 nitrogen and oxygen atoms in total. The molecule has 228 valence electrons. The SMILES string of the molecule is CC(C)[C@@H]1N(C(=O)[C@](C)(F)[C@H](c2cccc(OCC3CCC(c4cc(F)ccc4F)CC3)c2)C2CC2)C(=O)OC1(C)C. The van der Waals surface area contributed by atoms with Gasteiger partial charge >= 0.3 is 6.09 Å². The van der Waals surface area contributed by atoms with Gasteiger partial charge in [-0.2, -0.15) is 0 Å². The molecule has 0 aromatic heterocycles. The van der Waals surface area contributed by atoms with Crippen LogP contribution in [-0.2, 0) is 9.53 Å². The molecule has 0 N–H and O–H groups in total. The molecular formula is C34H42F3NO4. The number of imide groups is 1. The molecule has 2 aromatic carbocycles.